The van der Waals surface area contributed by atoms with Gasteiger partial charge in [-0.15, -0.1) is 0 Å². The molecular formula is C29H28N2O5. The predicted molar refractivity (Wildman–Crippen MR) is 136 cm³/mol. The number of methoxy groups -OCH3 is 1. The van der Waals surface area contributed by atoms with E-state index in [2.05, 4.69) is 12.1 Å². The molecule has 1 aliphatic rings. The quantitative estimate of drug-likeness (QED) is 0.413. The Labute approximate surface area is 209 Å². The van der Waals surface area contributed by atoms with Crippen molar-refractivity contribution in [3.05, 3.63) is 95.7 Å². The normalized spacial score (nSPS) is 15.9. The number of ether oxygens (including phenoxy) is 1. The van der Waals surface area contributed by atoms with Crippen molar-refractivity contribution in [3.63, 3.8) is 0 Å². The van der Waals surface area contributed by atoms with E-state index in [0.29, 0.717) is 30.8 Å². The van der Waals surface area contributed by atoms with Crippen LogP contribution in [-0.2, 0) is 17.8 Å². The number of phenols is 1. The molecule has 2 heterocycles. The van der Waals surface area contributed by atoms with Crippen LogP contribution in [0.3, 0.4) is 0 Å². The Balaban J connectivity index is 1.38. The van der Waals surface area contributed by atoms with Gasteiger partial charge in [0.2, 0.25) is 5.91 Å². The van der Waals surface area contributed by atoms with E-state index in [9.17, 15) is 14.7 Å². The molecule has 1 fully saturated rings. The van der Waals surface area contributed by atoms with Gasteiger partial charge in [0.1, 0.15) is 23.6 Å². The molecule has 5 rings (SSSR count). The largest absolute Gasteiger partial charge is 0.508 e. The van der Waals surface area contributed by atoms with E-state index in [1.54, 1.807) is 48.4 Å². The van der Waals surface area contributed by atoms with Gasteiger partial charge < -0.3 is 24.1 Å². The van der Waals surface area contributed by atoms with Gasteiger partial charge in [0.05, 0.1) is 13.2 Å². The molecule has 1 aromatic heterocycles. The van der Waals surface area contributed by atoms with Gasteiger partial charge in [-0.1, -0.05) is 42.5 Å². The first kappa shape index (κ1) is 23.5. The Morgan fingerprint density at radius 3 is 2.61 bits per heavy atom. The van der Waals surface area contributed by atoms with Crippen molar-refractivity contribution in [3.8, 4) is 11.5 Å². The van der Waals surface area contributed by atoms with Crippen molar-refractivity contribution in [2.24, 2.45) is 0 Å². The third-order valence-corrected chi connectivity index (χ3v) is 6.61. The summed E-state index contributed by atoms with van der Waals surface area (Å²) in [5, 5.41) is 10.7. The summed E-state index contributed by atoms with van der Waals surface area (Å²) in [6.07, 6.45) is 1.48. The van der Waals surface area contributed by atoms with Gasteiger partial charge in [0.15, 0.2) is 5.76 Å². The smallest absolute Gasteiger partial charge is 0.290 e. The number of benzene rings is 3. The minimum absolute atomic E-state index is 0.0279. The van der Waals surface area contributed by atoms with Crippen LogP contribution in [0.25, 0.3) is 11.0 Å². The lowest BCUT2D eigenvalue weighted by Gasteiger charge is -2.41. The van der Waals surface area contributed by atoms with E-state index >= 15 is 0 Å². The summed E-state index contributed by atoms with van der Waals surface area (Å²) in [4.78, 5) is 30.1. The lowest BCUT2D eigenvalue weighted by Crippen LogP contribution is -2.57. The Morgan fingerprint density at radius 2 is 1.83 bits per heavy atom. The highest BCUT2D eigenvalue weighted by Crippen LogP contribution is 2.27. The van der Waals surface area contributed by atoms with Crippen LogP contribution >= 0.6 is 0 Å². The van der Waals surface area contributed by atoms with Gasteiger partial charge in [-0.2, -0.15) is 0 Å². The van der Waals surface area contributed by atoms with Crippen LogP contribution in [0.2, 0.25) is 0 Å². The van der Waals surface area contributed by atoms with Gasteiger partial charge in [-0.05, 0) is 60.4 Å². The number of piperazine rings is 1. The molecule has 0 radical (unpaired) electrons. The maximum absolute atomic E-state index is 13.4. The number of amides is 2. The third-order valence-electron chi connectivity index (χ3n) is 6.61. The molecule has 0 saturated carbocycles. The summed E-state index contributed by atoms with van der Waals surface area (Å²) in [7, 11) is 1.59. The molecule has 1 atom stereocenters. The fourth-order valence-corrected chi connectivity index (χ4v) is 4.73. The Bertz CT molecular complexity index is 1380. The molecule has 0 unspecified atom stereocenters. The van der Waals surface area contributed by atoms with E-state index in [-0.39, 0.29) is 35.9 Å². The Kier molecular flexibility index (Phi) is 6.62. The van der Waals surface area contributed by atoms with Crippen LogP contribution in [0.4, 0.5) is 0 Å². The molecule has 2 amide bonds. The van der Waals surface area contributed by atoms with Gasteiger partial charge in [0, 0.05) is 18.5 Å². The van der Waals surface area contributed by atoms with Crippen molar-refractivity contribution in [2.45, 2.75) is 25.4 Å². The molecule has 1 aliphatic heterocycles. The number of fused-ring (bicyclic) bond motifs is 1. The second-order valence-electron chi connectivity index (χ2n) is 9.07. The average Bonchev–Trinajstić information content (AvgIpc) is 3.32. The first-order chi connectivity index (χ1) is 17.5. The Morgan fingerprint density at radius 1 is 1.03 bits per heavy atom. The highest BCUT2D eigenvalue weighted by Gasteiger charge is 2.35. The lowest BCUT2D eigenvalue weighted by atomic mass is 10.0. The molecule has 3 aromatic carbocycles. The molecule has 0 aliphatic carbocycles. The molecule has 0 bridgehead atoms. The average molecular weight is 485 g/mol. The number of aryl methyl sites for hydroxylation is 1. The molecule has 1 saturated heterocycles. The van der Waals surface area contributed by atoms with E-state index < -0.39 is 0 Å². The molecule has 7 nitrogen and oxygen atoms in total. The third kappa shape index (κ3) is 5.05. The number of phenolic OH excluding ortho intramolecular Hbond substituents is 1. The summed E-state index contributed by atoms with van der Waals surface area (Å²) in [6.45, 7) is 0.746. The Hall–Kier alpha value is -4.26. The highest BCUT2D eigenvalue weighted by atomic mass is 16.5. The lowest BCUT2D eigenvalue weighted by molar-refractivity contribution is -0.139. The minimum Gasteiger partial charge on any atom is -0.508 e. The van der Waals surface area contributed by atoms with E-state index in [0.717, 1.165) is 17.4 Å². The van der Waals surface area contributed by atoms with E-state index in [1.165, 1.54) is 5.56 Å². The van der Waals surface area contributed by atoms with Gasteiger partial charge in [-0.3, -0.25) is 9.59 Å². The van der Waals surface area contributed by atoms with Gasteiger partial charge >= 0.3 is 0 Å². The number of furan rings is 1. The van der Waals surface area contributed by atoms with Crippen molar-refractivity contribution in [1.82, 2.24) is 9.80 Å². The second kappa shape index (κ2) is 10.2. The number of aromatic hydroxyl groups is 1. The zero-order valence-electron chi connectivity index (χ0n) is 20.1. The summed E-state index contributed by atoms with van der Waals surface area (Å²) in [6, 6.07) is 23.9. The summed E-state index contributed by atoms with van der Waals surface area (Å²) >= 11 is 0. The van der Waals surface area contributed by atoms with E-state index in [4.69, 9.17) is 9.15 Å². The maximum Gasteiger partial charge on any atom is 0.290 e. The highest BCUT2D eigenvalue weighted by molar-refractivity contribution is 5.98. The van der Waals surface area contributed by atoms with E-state index in [1.807, 2.05) is 35.2 Å². The number of rotatable bonds is 7. The molecule has 0 spiro atoms. The zero-order chi connectivity index (χ0) is 25.1. The fourth-order valence-electron chi connectivity index (χ4n) is 4.73. The SMILES string of the molecule is COc1ccc2oc(C(=O)N3CC(=O)N(Cc4cccc(O)c4)[C@@H](CCc4ccccc4)C3)cc2c1. The van der Waals surface area contributed by atoms with Crippen molar-refractivity contribution in [1.29, 1.82) is 0 Å². The fraction of sp³-hybridized carbons (Fsp3) is 0.241. The summed E-state index contributed by atoms with van der Waals surface area (Å²) < 4.78 is 11.1. The van der Waals surface area contributed by atoms with Crippen LogP contribution in [0, 0.1) is 0 Å². The summed E-state index contributed by atoms with van der Waals surface area (Å²) in [5.74, 6) is 0.610. The number of hydrogen-bond acceptors (Lipinski definition) is 5. The second-order valence-corrected chi connectivity index (χ2v) is 9.07. The number of carbonyl (C=O) groups excluding carboxylic acids is 2. The standard InChI is InChI=1S/C29H28N2O5/c1-35-25-12-13-26-22(15-25)16-27(36-26)29(34)30-18-23(11-10-20-6-3-2-4-7-20)31(28(33)19-30)17-21-8-5-9-24(32)14-21/h2-9,12-16,23,32H,10-11,17-19H2,1H3/t23-/m0/s1. The van der Waals surface area contributed by atoms with Gasteiger partial charge in [0.25, 0.3) is 5.91 Å². The van der Waals surface area contributed by atoms with Crippen molar-refractivity contribution >= 4 is 22.8 Å². The molecule has 36 heavy (non-hydrogen) atoms. The van der Waals surface area contributed by atoms with Crippen LogP contribution in [0.5, 0.6) is 11.5 Å². The van der Waals surface area contributed by atoms with Crippen LogP contribution in [0.15, 0.2) is 83.3 Å². The topological polar surface area (TPSA) is 83.2 Å². The molecule has 1 N–H and O–H groups in total. The van der Waals surface area contributed by atoms with Crippen LogP contribution < -0.4 is 4.74 Å². The van der Waals surface area contributed by atoms with Crippen molar-refractivity contribution in [2.75, 3.05) is 20.2 Å². The first-order valence-corrected chi connectivity index (χ1v) is 12.0. The first-order valence-electron chi connectivity index (χ1n) is 12.0. The number of carbonyl (C=O) groups is 2. The minimum atomic E-state index is -0.305. The van der Waals surface area contributed by atoms with Crippen LogP contribution in [-0.4, -0.2) is 53.0 Å². The maximum atomic E-state index is 13.4. The molecule has 7 heteroatoms. The molecule has 184 valence electrons. The number of hydrogen-bond donors (Lipinski definition) is 1. The summed E-state index contributed by atoms with van der Waals surface area (Å²) in [5.41, 5.74) is 2.62. The van der Waals surface area contributed by atoms with Crippen LogP contribution in [0.1, 0.15) is 28.1 Å². The molecule has 4 aromatic rings. The zero-order valence-corrected chi connectivity index (χ0v) is 20.1. The predicted octanol–water partition coefficient (Wildman–Crippen LogP) is 4.63. The monoisotopic (exact) mass is 484 g/mol. The molecular weight excluding hydrogens is 456 g/mol. The number of nitrogens with zero attached hydrogens (tertiary/aromatic N) is 2. The van der Waals surface area contributed by atoms with Gasteiger partial charge in [-0.25, -0.2) is 0 Å². The van der Waals surface area contributed by atoms with Crippen molar-refractivity contribution < 1.29 is 23.8 Å².